The van der Waals surface area contributed by atoms with E-state index in [-0.39, 0.29) is 5.91 Å². The topological polar surface area (TPSA) is 40.9 Å². The number of nitrogens with zero attached hydrogens (tertiary/aromatic N) is 4. The third-order valence-corrected chi connectivity index (χ3v) is 6.54. The molecule has 0 spiro atoms. The maximum Gasteiger partial charge on any atom is 0.253 e. The van der Waals surface area contributed by atoms with Crippen molar-refractivity contribution < 1.29 is 4.79 Å². The molecule has 0 unspecified atom stereocenters. The Morgan fingerprint density at radius 1 is 1.00 bits per heavy atom. The fraction of sp³-hybridized carbons (Fsp3) is 0.217. The first-order valence-corrected chi connectivity index (χ1v) is 11.2. The zero-order chi connectivity index (χ0) is 20.5. The molecule has 0 N–H and O–H groups in total. The van der Waals surface area contributed by atoms with Crippen molar-refractivity contribution in [3.05, 3.63) is 82.5 Å². The Kier molecular flexibility index (Phi) is 5.29. The monoisotopic (exact) mass is 436 g/mol. The van der Waals surface area contributed by atoms with Gasteiger partial charge in [-0.2, -0.15) is 0 Å². The third kappa shape index (κ3) is 3.74. The predicted octanol–water partition coefficient (Wildman–Crippen LogP) is 4.67. The maximum atomic E-state index is 12.7. The molecule has 2 aromatic heterocycles. The zero-order valence-electron chi connectivity index (χ0n) is 16.4. The molecule has 1 aliphatic heterocycles. The van der Waals surface area contributed by atoms with Gasteiger partial charge in [0.2, 0.25) is 0 Å². The van der Waals surface area contributed by atoms with Crippen molar-refractivity contribution >= 4 is 33.8 Å². The van der Waals surface area contributed by atoms with Gasteiger partial charge in [-0.1, -0.05) is 41.9 Å². The van der Waals surface area contributed by atoms with Crippen molar-refractivity contribution in [3.8, 4) is 11.3 Å². The molecule has 1 saturated heterocycles. The van der Waals surface area contributed by atoms with Crippen molar-refractivity contribution in [3.63, 3.8) is 0 Å². The number of rotatable bonds is 4. The Labute approximate surface area is 184 Å². The number of aromatic nitrogens is 2. The van der Waals surface area contributed by atoms with Gasteiger partial charge in [0.1, 0.15) is 0 Å². The number of thiazole rings is 1. The molecule has 30 heavy (non-hydrogen) atoms. The minimum atomic E-state index is 0.113. The van der Waals surface area contributed by atoms with Crippen LogP contribution in [-0.2, 0) is 6.54 Å². The van der Waals surface area contributed by atoms with Crippen molar-refractivity contribution in [2.75, 3.05) is 26.2 Å². The summed E-state index contributed by atoms with van der Waals surface area (Å²) in [7, 11) is 0. The number of hydrogen-bond acceptors (Lipinski definition) is 4. The molecule has 2 aromatic carbocycles. The lowest BCUT2D eigenvalue weighted by Crippen LogP contribution is -2.48. The molecule has 1 fully saturated rings. The first-order chi connectivity index (χ1) is 14.7. The fourth-order valence-corrected chi connectivity index (χ4v) is 4.77. The SMILES string of the molecule is O=C(c1ccccc1)N1CCN(Cc2c(-c3ccc(Cl)cc3)nc3sccn23)CC1. The van der Waals surface area contributed by atoms with Crippen LogP contribution in [0.4, 0.5) is 0 Å². The van der Waals surface area contributed by atoms with Crippen molar-refractivity contribution in [1.82, 2.24) is 19.2 Å². The van der Waals surface area contributed by atoms with E-state index in [1.807, 2.05) is 59.5 Å². The van der Waals surface area contributed by atoms with Crippen LogP contribution in [-0.4, -0.2) is 51.3 Å². The Hall–Kier alpha value is -2.67. The summed E-state index contributed by atoms with van der Waals surface area (Å²) in [6.45, 7) is 3.94. The zero-order valence-corrected chi connectivity index (χ0v) is 17.9. The summed E-state index contributed by atoms with van der Waals surface area (Å²) in [5.74, 6) is 0.113. The third-order valence-electron chi connectivity index (χ3n) is 5.53. The number of imidazole rings is 1. The van der Waals surface area contributed by atoms with Gasteiger partial charge in [-0.25, -0.2) is 4.98 Å². The molecule has 0 aliphatic carbocycles. The van der Waals surface area contributed by atoms with Crippen molar-refractivity contribution in [1.29, 1.82) is 0 Å². The summed E-state index contributed by atoms with van der Waals surface area (Å²) in [4.78, 5) is 22.9. The van der Waals surface area contributed by atoms with Crippen LogP contribution in [0.1, 0.15) is 16.1 Å². The highest BCUT2D eigenvalue weighted by molar-refractivity contribution is 7.15. The number of amides is 1. The Morgan fingerprint density at radius 2 is 1.73 bits per heavy atom. The summed E-state index contributed by atoms with van der Waals surface area (Å²) in [5.41, 5.74) is 4.01. The molecule has 0 saturated carbocycles. The highest BCUT2D eigenvalue weighted by atomic mass is 35.5. The van der Waals surface area contributed by atoms with Gasteiger partial charge in [0.05, 0.1) is 11.4 Å². The van der Waals surface area contributed by atoms with Crippen LogP contribution in [0.25, 0.3) is 16.2 Å². The van der Waals surface area contributed by atoms with Gasteiger partial charge in [0.25, 0.3) is 5.91 Å². The van der Waals surface area contributed by atoms with E-state index in [1.165, 1.54) is 5.69 Å². The number of fused-ring (bicyclic) bond motifs is 1. The highest BCUT2D eigenvalue weighted by Crippen LogP contribution is 2.29. The molecule has 1 aliphatic rings. The second kappa shape index (κ2) is 8.22. The van der Waals surface area contributed by atoms with E-state index in [4.69, 9.17) is 16.6 Å². The second-order valence-corrected chi connectivity index (χ2v) is 8.71. The maximum absolute atomic E-state index is 12.7. The molecule has 4 aromatic rings. The lowest BCUT2D eigenvalue weighted by molar-refractivity contribution is 0.0627. The van der Waals surface area contributed by atoms with Crippen molar-refractivity contribution in [2.24, 2.45) is 0 Å². The van der Waals surface area contributed by atoms with Crippen LogP contribution in [0.2, 0.25) is 5.02 Å². The van der Waals surface area contributed by atoms with Crippen LogP contribution in [0, 0.1) is 0 Å². The lowest BCUT2D eigenvalue weighted by atomic mass is 10.1. The van der Waals surface area contributed by atoms with E-state index in [0.717, 1.165) is 59.5 Å². The molecule has 0 radical (unpaired) electrons. The minimum Gasteiger partial charge on any atom is -0.336 e. The quantitative estimate of drug-likeness (QED) is 0.466. The van der Waals surface area contributed by atoms with Crippen LogP contribution < -0.4 is 0 Å². The van der Waals surface area contributed by atoms with Gasteiger partial charge in [0.15, 0.2) is 4.96 Å². The first-order valence-electron chi connectivity index (χ1n) is 9.96. The molecule has 0 bridgehead atoms. The molecule has 3 heterocycles. The Bertz CT molecular complexity index is 1160. The summed E-state index contributed by atoms with van der Waals surface area (Å²) < 4.78 is 2.18. The Balaban J connectivity index is 1.33. The summed E-state index contributed by atoms with van der Waals surface area (Å²) in [6.07, 6.45) is 2.08. The molecular weight excluding hydrogens is 416 g/mol. The van der Waals surface area contributed by atoms with E-state index in [9.17, 15) is 4.79 Å². The van der Waals surface area contributed by atoms with Gasteiger partial charge in [-0.05, 0) is 24.3 Å². The summed E-state index contributed by atoms with van der Waals surface area (Å²) >= 11 is 7.71. The van der Waals surface area contributed by atoms with Crippen LogP contribution in [0.5, 0.6) is 0 Å². The van der Waals surface area contributed by atoms with Gasteiger partial charge in [-0.3, -0.25) is 14.1 Å². The molecule has 5 rings (SSSR count). The number of piperazine rings is 1. The Morgan fingerprint density at radius 3 is 2.47 bits per heavy atom. The molecule has 1 amide bonds. The predicted molar refractivity (Wildman–Crippen MR) is 121 cm³/mol. The average molecular weight is 437 g/mol. The molecule has 152 valence electrons. The number of halogens is 1. The van der Waals surface area contributed by atoms with Gasteiger partial charge in [0, 0.05) is 60.5 Å². The molecule has 7 heteroatoms. The summed E-state index contributed by atoms with van der Waals surface area (Å²) in [5, 5.41) is 2.79. The molecular formula is C23H21ClN4OS. The van der Waals surface area contributed by atoms with Crippen molar-refractivity contribution in [2.45, 2.75) is 6.54 Å². The van der Waals surface area contributed by atoms with E-state index in [2.05, 4.69) is 20.9 Å². The van der Waals surface area contributed by atoms with E-state index in [0.29, 0.717) is 0 Å². The van der Waals surface area contributed by atoms with Gasteiger partial charge in [-0.15, -0.1) is 11.3 Å². The minimum absolute atomic E-state index is 0.113. The van der Waals surface area contributed by atoms with E-state index < -0.39 is 0 Å². The average Bonchev–Trinajstić information content (AvgIpc) is 3.38. The standard InChI is InChI=1S/C23H21ClN4OS/c24-19-8-6-17(7-9-19)21-20(28-14-15-30-23(28)25-21)16-26-10-12-27(13-11-26)22(29)18-4-2-1-3-5-18/h1-9,14-15H,10-13,16H2. The first kappa shape index (κ1) is 19.3. The number of carbonyl (C=O) groups excluding carboxylic acids is 1. The number of benzene rings is 2. The second-order valence-electron chi connectivity index (χ2n) is 7.40. The van der Waals surface area contributed by atoms with Crippen LogP contribution in [0.15, 0.2) is 66.2 Å². The van der Waals surface area contributed by atoms with E-state index >= 15 is 0 Å². The van der Waals surface area contributed by atoms with Crippen LogP contribution in [0.3, 0.4) is 0 Å². The highest BCUT2D eigenvalue weighted by Gasteiger charge is 2.24. The smallest absolute Gasteiger partial charge is 0.253 e. The fourth-order valence-electron chi connectivity index (χ4n) is 3.91. The largest absolute Gasteiger partial charge is 0.336 e. The number of hydrogen-bond donors (Lipinski definition) is 0. The normalized spacial score (nSPS) is 15.0. The van der Waals surface area contributed by atoms with Crippen LogP contribution >= 0.6 is 22.9 Å². The summed E-state index contributed by atoms with van der Waals surface area (Å²) in [6, 6.07) is 17.4. The van der Waals surface area contributed by atoms with Gasteiger partial charge < -0.3 is 4.90 Å². The van der Waals surface area contributed by atoms with E-state index in [1.54, 1.807) is 11.3 Å². The lowest BCUT2D eigenvalue weighted by Gasteiger charge is -2.34. The number of carbonyl (C=O) groups is 1. The molecule has 5 nitrogen and oxygen atoms in total. The van der Waals surface area contributed by atoms with Gasteiger partial charge >= 0.3 is 0 Å². The molecule has 0 atom stereocenters.